The molecule has 0 unspecified atom stereocenters. The van der Waals surface area contributed by atoms with Crippen LogP contribution in [0.1, 0.15) is 0 Å². The predicted molar refractivity (Wildman–Crippen MR) is 62.0 cm³/mol. The fraction of sp³-hybridized carbons (Fsp3) is 0.273. The van der Waals surface area contributed by atoms with Crippen molar-refractivity contribution in [3.63, 3.8) is 0 Å². The maximum Gasteiger partial charge on any atom is 0.145 e. The molecule has 1 heterocycles. The molecule has 4 nitrogen and oxygen atoms in total. The first-order valence-corrected chi connectivity index (χ1v) is 5.00. The van der Waals surface area contributed by atoms with E-state index in [1.54, 1.807) is 6.20 Å². The van der Waals surface area contributed by atoms with Gasteiger partial charge >= 0.3 is 0 Å². The van der Waals surface area contributed by atoms with Crippen LogP contribution >= 0.6 is 0 Å². The summed E-state index contributed by atoms with van der Waals surface area (Å²) in [5, 5.41) is 6.27. The Morgan fingerprint density at radius 2 is 1.93 bits per heavy atom. The van der Waals surface area contributed by atoms with Crippen LogP contribution < -0.4 is 10.6 Å². The summed E-state index contributed by atoms with van der Waals surface area (Å²) < 4.78 is 0. The Kier molecular flexibility index (Phi) is 3.09. The van der Waals surface area contributed by atoms with Gasteiger partial charge < -0.3 is 10.6 Å². The molecular formula is C11H14N4. The number of nitrogens with one attached hydrogen (secondary N) is 2. The Morgan fingerprint density at radius 1 is 1.13 bits per heavy atom. The molecule has 4 heteroatoms. The van der Waals surface area contributed by atoms with Gasteiger partial charge in [0.1, 0.15) is 5.82 Å². The lowest BCUT2D eigenvalue weighted by Gasteiger charge is -2.05. The van der Waals surface area contributed by atoms with E-state index in [9.17, 15) is 0 Å². The van der Waals surface area contributed by atoms with E-state index in [-0.39, 0.29) is 0 Å². The van der Waals surface area contributed by atoms with Gasteiger partial charge in [0.25, 0.3) is 0 Å². The Morgan fingerprint density at radius 3 is 2.73 bits per heavy atom. The number of anilines is 1. The summed E-state index contributed by atoms with van der Waals surface area (Å²) in [5.74, 6) is 0.823. The number of nitrogens with zero attached hydrogens (tertiary/aromatic N) is 2. The summed E-state index contributed by atoms with van der Waals surface area (Å²) in [5.41, 5.74) is 1.85. The highest BCUT2D eigenvalue weighted by atomic mass is 15.0. The number of para-hydroxylation sites is 2. The smallest absolute Gasteiger partial charge is 0.145 e. The molecule has 0 aliphatic carbocycles. The molecule has 0 radical (unpaired) electrons. The number of benzene rings is 1. The van der Waals surface area contributed by atoms with Crippen LogP contribution in [0.5, 0.6) is 0 Å². The number of rotatable bonds is 4. The lowest BCUT2D eigenvalue weighted by atomic mass is 10.3. The second kappa shape index (κ2) is 4.70. The molecule has 2 aromatic rings. The molecule has 78 valence electrons. The first-order valence-electron chi connectivity index (χ1n) is 5.00. The van der Waals surface area contributed by atoms with Crippen LogP contribution in [-0.4, -0.2) is 30.1 Å². The van der Waals surface area contributed by atoms with Crippen molar-refractivity contribution in [2.75, 3.05) is 25.5 Å². The third-order valence-electron chi connectivity index (χ3n) is 2.13. The number of likely N-dealkylation sites (N-methyl/N-ethyl adjacent to an activating group) is 1. The molecule has 0 saturated heterocycles. The minimum absolute atomic E-state index is 0.823. The lowest BCUT2D eigenvalue weighted by molar-refractivity contribution is 0.821. The Labute approximate surface area is 88.7 Å². The Bertz CT molecular complexity index is 441. The van der Waals surface area contributed by atoms with Crippen LogP contribution in [-0.2, 0) is 0 Å². The largest absolute Gasteiger partial charge is 0.367 e. The van der Waals surface area contributed by atoms with Crippen molar-refractivity contribution in [2.24, 2.45) is 0 Å². The van der Waals surface area contributed by atoms with Gasteiger partial charge in [-0.2, -0.15) is 0 Å². The molecule has 1 aromatic carbocycles. The Hall–Kier alpha value is -1.68. The van der Waals surface area contributed by atoms with E-state index in [1.807, 2.05) is 31.3 Å². The summed E-state index contributed by atoms with van der Waals surface area (Å²) in [7, 11) is 1.92. The van der Waals surface area contributed by atoms with Gasteiger partial charge in [-0.1, -0.05) is 12.1 Å². The predicted octanol–water partition coefficient (Wildman–Crippen LogP) is 1.26. The van der Waals surface area contributed by atoms with Crippen LogP contribution in [0.3, 0.4) is 0 Å². The molecule has 1 aromatic heterocycles. The summed E-state index contributed by atoms with van der Waals surface area (Å²) in [6, 6.07) is 7.85. The van der Waals surface area contributed by atoms with E-state index in [0.717, 1.165) is 29.9 Å². The summed E-state index contributed by atoms with van der Waals surface area (Å²) >= 11 is 0. The lowest BCUT2D eigenvalue weighted by Crippen LogP contribution is -2.18. The van der Waals surface area contributed by atoms with Gasteiger partial charge in [0.15, 0.2) is 0 Å². The van der Waals surface area contributed by atoms with Crippen LogP contribution in [0.2, 0.25) is 0 Å². The summed E-state index contributed by atoms with van der Waals surface area (Å²) in [6.07, 6.45) is 1.76. The van der Waals surface area contributed by atoms with E-state index in [0.29, 0.717) is 0 Å². The molecule has 0 spiro atoms. The fourth-order valence-corrected chi connectivity index (χ4v) is 1.36. The van der Waals surface area contributed by atoms with Gasteiger partial charge in [-0.05, 0) is 19.2 Å². The second-order valence-corrected chi connectivity index (χ2v) is 3.27. The molecule has 15 heavy (non-hydrogen) atoms. The van der Waals surface area contributed by atoms with Crippen molar-refractivity contribution >= 4 is 16.9 Å². The van der Waals surface area contributed by atoms with Crippen molar-refractivity contribution in [1.29, 1.82) is 0 Å². The number of hydrogen-bond acceptors (Lipinski definition) is 4. The van der Waals surface area contributed by atoms with Gasteiger partial charge in [0, 0.05) is 13.1 Å². The Balaban J connectivity index is 2.16. The number of hydrogen-bond donors (Lipinski definition) is 2. The minimum atomic E-state index is 0.823. The zero-order valence-corrected chi connectivity index (χ0v) is 8.70. The van der Waals surface area contributed by atoms with Crippen LogP contribution in [0.4, 0.5) is 5.82 Å². The van der Waals surface area contributed by atoms with E-state index < -0.39 is 0 Å². The van der Waals surface area contributed by atoms with E-state index in [1.165, 1.54) is 0 Å². The normalized spacial score (nSPS) is 10.5. The van der Waals surface area contributed by atoms with Crippen LogP contribution in [0, 0.1) is 0 Å². The monoisotopic (exact) mass is 202 g/mol. The summed E-state index contributed by atoms with van der Waals surface area (Å²) in [4.78, 5) is 8.76. The van der Waals surface area contributed by atoms with E-state index in [4.69, 9.17) is 0 Å². The molecule has 2 rings (SSSR count). The van der Waals surface area contributed by atoms with Crippen molar-refractivity contribution < 1.29 is 0 Å². The summed E-state index contributed by atoms with van der Waals surface area (Å²) in [6.45, 7) is 1.76. The molecule has 2 N–H and O–H groups in total. The zero-order chi connectivity index (χ0) is 10.5. The molecule has 0 bridgehead atoms. The maximum absolute atomic E-state index is 4.45. The van der Waals surface area contributed by atoms with Crippen molar-refractivity contribution in [2.45, 2.75) is 0 Å². The molecule has 0 aliphatic heterocycles. The molecule has 0 saturated carbocycles. The molecule has 0 amide bonds. The van der Waals surface area contributed by atoms with Gasteiger partial charge in [0.2, 0.25) is 0 Å². The number of aromatic nitrogens is 2. The molecule has 0 aliphatic rings. The van der Waals surface area contributed by atoms with Crippen molar-refractivity contribution in [3.8, 4) is 0 Å². The van der Waals surface area contributed by atoms with Crippen molar-refractivity contribution in [3.05, 3.63) is 30.5 Å². The molecular weight excluding hydrogens is 188 g/mol. The highest BCUT2D eigenvalue weighted by Crippen LogP contribution is 2.10. The third-order valence-corrected chi connectivity index (χ3v) is 2.13. The number of fused-ring (bicyclic) bond motifs is 1. The van der Waals surface area contributed by atoms with Gasteiger partial charge in [-0.3, -0.25) is 4.98 Å². The minimum Gasteiger partial charge on any atom is -0.367 e. The molecule has 0 fully saturated rings. The van der Waals surface area contributed by atoms with Gasteiger partial charge in [0.05, 0.1) is 17.2 Å². The SMILES string of the molecule is CNCCNc1cnc2ccccc2n1. The standard InChI is InChI=1S/C11H14N4/c1-12-6-7-13-11-8-14-9-4-2-3-5-10(9)15-11/h2-5,8,12H,6-7H2,1H3,(H,13,15). The van der Waals surface area contributed by atoms with Gasteiger partial charge in [-0.25, -0.2) is 4.98 Å². The first kappa shape index (κ1) is 9.86. The third kappa shape index (κ3) is 2.41. The van der Waals surface area contributed by atoms with Crippen LogP contribution in [0.25, 0.3) is 11.0 Å². The fourth-order valence-electron chi connectivity index (χ4n) is 1.36. The van der Waals surface area contributed by atoms with Crippen molar-refractivity contribution in [1.82, 2.24) is 15.3 Å². The first-order chi connectivity index (χ1) is 7.40. The average molecular weight is 202 g/mol. The zero-order valence-electron chi connectivity index (χ0n) is 8.70. The van der Waals surface area contributed by atoms with E-state index >= 15 is 0 Å². The second-order valence-electron chi connectivity index (χ2n) is 3.27. The quantitative estimate of drug-likeness (QED) is 0.733. The van der Waals surface area contributed by atoms with Crippen LogP contribution in [0.15, 0.2) is 30.5 Å². The highest BCUT2D eigenvalue weighted by Gasteiger charge is 1.97. The topological polar surface area (TPSA) is 49.8 Å². The molecule has 0 atom stereocenters. The van der Waals surface area contributed by atoms with Gasteiger partial charge in [-0.15, -0.1) is 0 Å². The average Bonchev–Trinajstić information content (AvgIpc) is 2.29. The van der Waals surface area contributed by atoms with E-state index in [2.05, 4.69) is 20.6 Å². The maximum atomic E-state index is 4.45. The highest BCUT2D eigenvalue weighted by molar-refractivity contribution is 5.75.